The summed E-state index contributed by atoms with van der Waals surface area (Å²) in [6.45, 7) is 1.95. The molecule has 2 aromatic rings. The molecular weight excluding hydrogens is 346 g/mol. The van der Waals surface area contributed by atoms with Gasteiger partial charge in [0.05, 0.1) is 11.4 Å². The van der Waals surface area contributed by atoms with Crippen LogP contribution in [-0.4, -0.2) is 16.1 Å². The molecule has 1 heterocycles. The van der Waals surface area contributed by atoms with Crippen molar-refractivity contribution in [2.24, 2.45) is 0 Å². The monoisotopic (exact) mass is 358 g/mol. The molecule has 0 aliphatic heterocycles. The van der Waals surface area contributed by atoms with E-state index >= 15 is 0 Å². The van der Waals surface area contributed by atoms with Crippen LogP contribution < -0.4 is 11.1 Å². The number of aromatic amines is 1. The molecule has 0 atom stereocenters. The highest BCUT2D eigenvalue weighted by molar-refractivity contribution is 9.10. The summed E-state index contributed by atoms with van der Waals surface area (Å²) in [5, 5.41) is 8.59. The molecule has 0 spiro atoms. The number of aryl methyl sites for hydroxylation is 1. The van der Waals surface area contributed by atoms with E-state index in [0.29, 0.717) is 12.1 Å². The molecule has 1 aromatic heterocycles. The molecule has 0 fully saturated rings. The Hall–Kier alpha value is -1.96. The van der Waals surface area contributed by atoms with Crippen LogP contribution in [0.2, 0.25) is 0 Å². The van der Waals surface area contributed by atoms with E-state index in [1.54, 1.807) is 0 Å². The number of H-pyrrole nitrogens is 1. The predicted octanol–water partition coefficient (Wildman–Crippen LogP) is 3.24. The Bertz CT molecular complexity index is 664. The van der Waals surface area contributed by atoms with Gasteiger partial charge in [-0.05, 0) is 18.6 Å². The molecule has 5 nitrogen and oxygen atoms in total. The Kier molecular flexibility index (Phi) is 4.56. The van der Waals surface area contributed by atoms with Crippen molar-refractivity contribution >= 4 is 33.2 Å². The van der Waals surface area contributed by atoms with Gasteiger partial charge in [-0.25, -0.2) is 8.78 Å². The predicted molar refractivity (Wildman–Crippen MR) is 79.0 cm³/mol. The van der Waals surface area contributed by atoms with Crippen LogP contribution in [0, 0.1) is 11.6 Å². The van der Waals surface area contributed by atoms with E-state index in [2.05, 4.69) is 31.4 Å². The number of aromatic nitrogens is 2. The molecule has 2 rings (SSSR count). The smallest absolute Gasteiger partial charge is 0.278 e. The Balaban J connectivity index is 2.27. The first-order chi connectivity index (χ1) is 9.93. The van der Waals surface area contributed by atoms with Crippen molar-refractivity contribution in [3.8, 4) is 0 Å². The van der Waals surface area contributed by atoms with Gasteiger partial charge in [-0.2, -0.15) is 5.10 Å². The second kappa shape index (κ2) is 6.21. The van der Waals surface area contributed by atoms with Crippen LogP contribution in [0.25, 0.3) is 0 Å². The third-order valence-corrected chi connectivity index (χ3v) is 3.30. The number of nitrogens with one attached hydrogen (secondary N) is 2. The lowest BCUT2D eigenvalue weighted by Crippen LogP contribution is -2.16. The van der Waals surface area contributed by atoms with Crippen LogP contribution in [0.3, 0.4) is 0 Å². The van der Waals surface area contributed by atoms with Crippen LogP contribution in [0.5, 0.6) is 0 Å². The maximum Gasteiger partial charge on any atom is 0.278 e. The summed E-state index contributed by atoms with van der Waals surface area (Å²) in [4.78, 5) is 12.0. The van der Waals surface area contributed by atoms with Crippen LogP contribution in [-0.2, 0) is 6.42 Å². The summed E-state index contributed by atoms with van der Waals surface area (Å²) in [6.07, 6.45) is 1.45. The summed E-state index contributed by atoms with van der Waals surface area (Å²) in [5.74, 6) is -2.55. The minimum Gasteiger partial charge on any atom is -0.395 e. The molecule has 0 saturated carbocycles. The van der Waals surface area contributed by atoms with Gasteiger partial charge in [0.15, 0.2) is 17.3 Å². The summed E-state index contributed by atoms with van der Waals surface area (Å²) in [6, 6.07) is 2.10. The fourth-order valence-electron chi connectivity index (χ4n) is 1.83. The number of carbonyl (C=O) groups is 1. The van der Waals surface area contributed by atoms with E-state index in [-0.39, 0.29) is 15.9 Å². The van der Waals surface area contributed by atoms with Crippen molar-refractivity contribution < 1.29 is 13.6 Å². The minimum atomic E-state index is -0.891. The normalized spacial score (nSPS) is 10.7. The van der Waals surface area contributed by atoms with Gasteiger partial charge in [0, 0.05) is 4.47 Å². The molecule has 0 radical (unpaired) electrons. The molecule has 8 heteroatoms. The molecule has 0 bridgehead atoms. The topological polar surface area (TPSA) is 83.8 Å². The summed E-state index contributed by atoms with van der Waals surface area (Å²) >= 11 is 2.96. The second-order valence-electron chi connectivity index (χ2n) is 4.41. The third-order valence-electron chi connectivity index (χ3n) is 2.84. The summed E-state index contributed by atoms with van der Waals surface area (Å²) in [5.41, 5.74) is 5.98. The molecule has 0 aliphatic rings. The quantitative estimate of drug-likeness (QED) is 0.784. The highest BCUT2D eigenvalue weighted by Gasteiger charge is 2.20. The van der Waals surface area contributed by atoms with E-state index < -0.39 is 23.2 Å². The van der Waals surface area contributed by atoms with Crippen molar-refractivity contribution in [1.29, 1.82) is 0 Å². The number of nitrogens with two attached hydrogens (primary N) is 1. The van der Waals surface area contributed by atoms with Crippen LogP contribution >= 0.6 is 15.9 Å². The van der Waals surface area contributed by atoms with Crippen molar-refractivity contribution in [2.45, 2.75) is 19.8 Å². The average Bonchev–Trinajstić information content (AvgIpc) is 2.76. The largest absolute Gasteiger partial charge is 0.395 e. The molecule has 4 N–H and O–H groups in total. The maximum atomic E-state index is 13.7. The zero-order chi connectivity index (χ0) is 15.6. The Morgan fingerprint density at radius 3 is 2.62 bits per heavy atom. The number of carbonyl (C=O) groups excluding carboxylic acids is 1. The van der Waals surface area contributed by atoms with Gasteiger partial charge in [0.2, 0.25) is 0 Å². The zero-order valence-electron chi connectivity index (χ0n) is 11.1. The van der Waals surface area contributed by atoms with Gasteiger partial charge in [-0.15, -0.1) is 0 Å². The van der Waals surface area contributed by atoms with Gasteiger partial charge in [0.25, 0.3) is 5.91 Å². The van der Waals surface area contributed by atoms with Gasteiger partial charge in [0.1, 0.15) is 5.69 Å². The van der Waals surface area contributed by atoms with Crippen LogP contribution in [0.15, 0.2) is 16.6 Å². The van der Waals surface area contributed by atoms with Gasteiger partial charge in [-0.1, -0.05) is 29.3 Å². The van der Waals surface area contributed by atoms with Crippen molar-refractivity contribution in [3.05, 3.63) is 39.6 Å². The Morgan fingerprint density at radius 2 is 2.05 bits per heavy atom. The SMILES string of the molecule is CCCc1[nH]nc(C(=O)Nc2c(F)cc(Br)cc2F)c1N. The number of amides is 1. The van der Waals surface area contributed by atoms with Crippen molar-refractivity contribution in [2.75, 3.05) is 11.1 Å². The first-order valence-corrected chi connectivity index (χ1v) is 7.02. The maximum absolute atomic E-state index is 13.7. The molecule has 0 saturated heterocycles. The molecule has 1 amide bonds. The summed E-state index contributed by atoms with van der Waals surface area (Å²) < 4.78 is 27.6. The van der Waals surface area contributed by atoms with E-state index in [1.807, 2.05) is 6.92 Å². The highest BCUT2D eigenvalue weighted by Crippen LogP contribution is 2.25. The van der Waals surface area contributed by atoms with Crippen LogP contribution in [0.1, 0.15) is 29.5 Å². The fourth-order valence-corrected chi connectivity index (χ4v) is 2.24. The number of nitrogen functional groups attached to an aromatic ring is 1. The van der Waals surface area contributed by atoms with E-state index in [4.69, 9.17) is 5.73 Å². The standard InChI is InChI=1S/C13H13BrF2N4O/c1-2-3-9-10(17)12(20-19-9)13(21)18-11-7(15)4-6(14)5-8(11)16/h4-5H,2-3,17H2,1H3,(H,18,21)(H,19,20). The molecule has 0 unspecified atom stereocenters. The van der Waals surface area contributed by atoms with Crippen molar-refractivity contribution in [1.82, 2.24) is 10.2 Å². The number of hydrogen-bond donors (Lipinski definition) is 3. The lowest BCUT2D eigenvalue weighted by atomic mass is 10.2. The molecule has 0 aliphatic carbocycles. The summed E-state index contributed by atoms with van der Waals surface area (Å²) in [7, 11) is 0. The Labute approximate surface area is 128 Å². The number of benzene rings is 1. The van der Waals surface area contributed by atoms with Crippen LogP contribution in [0.4, 0.5) is 20.2 Å². The first-order valence-electron chi connectivity index (χ1n) is 6.22. The number of halogens is 3. The Morgan fingerprint density at radius 1 is 1.43 bits per heavy atom. The lowest BCUT2D eigenvalue weighted by Gasteiger charge is -2.07. The number of nitrogens with zero attached hydrogens (tertiary/aromatic N) is 1. The van der Waals surface area contributed by atoms with E-state index in [0.717, 1.165) is 18.6 Å². The van der Waals surface area contributed by atoms with E-state index in [1.165, 1.54) is 0 Å². The lowest BCUT2D eigenvalue weighted by molar-refractivity contribution is 0.102. The van der Waals surface area contributed by atoms with Gasteiger partial charge in [-0.3, -0.25) is 9.89 Å². The number of hydrogen-bond acceptors (Lipinski definition) is 3. The second-order valence-corrected chi connectivity index (χ2v) is 5.33. The fraction of sp³-hybridized carbons (Fsp3) is 0.231. The molecule has 21 heavy (non-hydrogen) atoms. The third kappa shape index (κ3) is 3.21. The zero-order valence-corrected chi connectivity index (χ0v) is 12.7. The number of rotatable bonds is 4. The average molecular weight is 359 g/mol. The van der Waals surface area contributed by atoms with E-state index in [9.17, 15) is 13.6 Å². The van der Waals surface area contributed by atoms with Gasteiger partial charge >= 0.3 is 0 Å². The van der Waals surface area contributed by atoms with Gasteiger partial charge < -0.3 is 11.1 Å². The molecule has 1 aromatic carbocycles. The highest BCUT2D eigenvalue weighted by atomic mass is 79.9. The minimum absolute atomic E-state index is 0.0832. The first kappa shape index (κ1) is 15.4. The number of anilines is 2. The van der Waals surface area contributed by atoms with Crippen molar-refractivity contribution in [3.63, 3.8) is 0 Å². The molecule has 112 valence electrons. The molecular formula is C13H13BrF2N4O.